The third-order valence-corrected chi connectivity index (χ3v) is 3.46. The van der Waals surface area contributed by atoms with Gasteiger partial charge in [-0.1, -0.05) is 0 Å². The predicted molar refractivity (Wildman–Crippen MR) is 60.0 cm³/mol. The Kier molecular flexibility index (Phi) is 5.97. The van der Waals surface area contributed by atoms with E-state index in [1.807, 2.05) is 0 Å². The van der Waals surface area contributed by atoms with Crippen LogP contribution < -0.4 is 0 Å². The molecule has 0 amide bonds. The molecule has 0 bridgehead atoms. The van der Waals surface area contributed by atoms with Crippen LogP contribution in [0.2, 0.25) is 0 Å². The van der Waals surface area contributed by atoms with Crippen molar-refractivity contribution in [3.63, 3.8) is 0 Å². The lowest BCUT2D eigenvalue weighted by atomic mass is 10.4. The number of ether oxygens (including phenoxy) is 3. The van der Waals surface area contributed by atoms with Gasteiger partial charge in [-0.25, -0.2) is 8.42 Å². The maximum atomic E-state index is 11.0. The third-order valence-electron chi connectivity index (χ3n) is 2.09. The summed E-state index contributed by atoms with van der Waals surface area (Å²) >= 11 is 0. The molecule has 16 heavy (non-hydrogen) atoms. The van der Waals surface area contributed by atoms with Crippen LogP contribution in [0.4, 0.5) is 0 Å². The van der Waals surface area contributed by atoms with Crippen molar-refractivity contribution in [3.05, 3.63) is 11.5 Å². The van der Waals surface area contributed by atoms with E-state index in [1.54, 1.807) is 13.2 Å². The molecule has 0 saturated heterocycles. The Morgan fingerprint density at radius 2 is 2.06 bits per heavy atom. The largest absolute Gasteiger partial charge is 0.385 e. The Bertz CT molecular complexity index is 309. The second kappa shape index (κ2) is 7.01. The topological polar surface area (TPSA) is 61.8 Å². The Morgan fingerprint density at radius 1 is 1.25 bits per heavy atom. The van der Waals surface area contributed by atoms with Gasteiger partial charge in [0.2, 0.25) is 0 Å². The Labute approximate surface area is 96.3 Å². The fourth-order valence-corrected chi connectivity index (χ4v) is 2.51. The summed E-state index contributed by atoms with van der Waals surface area (Å²) in [6.07, 6.45) is 2.11. The normalized spacial score (nSPS) is 22.7. The minimum Gasteiger partial charge on any atom is -0.385 e. The van der Waals surface area contributed by atoms with E-state index < -0.39 is 9.84 Å². The van der Waals surface area contributed by atoms with Crippen LogP contribution in [0.5, 0.6) is 0 Å². The van der Waals surface area contributed by atoms with Crippen molar-refractivity contribution in [1.29, 1.82) is 0 Å². The average Bonchev–Trinajstić information content (AvgIpc) is 2.57. The highest BCUT2D eigenvalue weighted by Gasteiger charge is 2.21. The quantitative estimate of drug-likeness (QED) is 0.582. The molecule has 1 aliphatic rings. The standard InChI is InChI=1S/C10H18O5S/c1-13-4-2-5-14-6-7-15-10-3-8-16(11,12)9-10/h3,8,10H,2,4-7,9H2,1H3. The van der Waals surface area contributed by atoms with Gasteiger partial charge in [-0.05, 0) is 12.5 Å². The predicted octanol–water partition coefficient (Wildman–Crippen LogP) is 0.367. The van der Waals surface area contributed by atoms with E-state index in [1.165, 1.54) is 5.41 Å². The summed E-state index contributed by atoms with van der Waals surface area (Å²) in [5, 5.41) is 1.21. The van der Waals surface area contributed by atoms with Gasteiger partial charge in [0.05, 0.1) is 25.1 Å². The van der Waals surface area contributed by atoms with Crippen LogP contribution in [0.25, 0.3) is 0 Å². The second-order valence-electron chi connectivity index (χ2n) is 3.53. The molecule has 0 aromatic heterocycles. The summed E-state index contributed by atoms with van der Waals surface area (Å²) in [4.78, 5) is 0. The molecule has 0 fully saturated rings. The molecule has 0 N–H and O–H groups in total. The van der Waals surface area contributed by atoms with Gasteiger partial charge in [-0.3, -0.25) is 0 Å². The van der Waals surface area contributed by atoms with Crippen LogP contribution in [-0.4, -0.2) is 53.8 Å². The van der Waals surface area contributed by atoms with Crippen molar-refractivity contribution in [2.24, 2.45) is 0 Å². The minimum atomic E-state index is -3.01. The second-order valence-corrected chi connectivity index (χ2v) is 5.46. The molecule has 0 aromatic carbocycles. The molecule has 1 heterocycles. The van der Waals surface area contributed by atoms with E-state index in [2.05, 4.69) is 0 Å². The van der Waals surface area contributed by atoms with Crippen molar-refractivity contribution < 1.29 is 22.6 Å². The molecule has 0 aliphatic carbocycles. The SMILES string of the molecule is COCCCOCCOC1C=CS(=O)(=O)C1. The van der Waals surface area contributed by atoms with Gasteiger partial charge in [0.25, 0.3) is 0 Å². The maximum absolute atomic E-state index is 11.0. The molecule has 1 unspecified atom stereocenters. The Balaban J connectivity index is 1.95. The average molecular weight is 250 g/mol. The summed E-state index contributed by atoms with van der Waals surface area (Å²) in [7, 11) is -1.36. The van der Waals surface area contributed by atoms with Crippen LogP contribution >= 0.6 is 0 Å². The van der Waals surface area contributed by atoms with Gasteiger partial charge >= 0.3 is 0 Å². The van der Waals surface area contributed by atoms with E-state index in [0.29, 0.717) is 26.4 Å². The first-order valence-electron chi connectivity index (χ1n) is 5.23. The van der Waals surface area contributed by atoms with Crippen LogP contribution in [0.1, 0.15) is 6.42 Å². The molecule has 1 rings (SSSR count). The van der Waals surface area contributed by atoms with E-state index in [4.69, 9.17) is 14.2 Å². The Morgan fingerprint density at radius 3 is 2.69 bits per heavy atom. The molecule has 0 radical (unpaired) electrons. The van der Waals surface area contributed by atoms with Gasteiger partial charge in [0.15, 0.2) is 9.84 Å². The summed E-state index contributed by atoms with van der Waals surface area (Å²) in [5.41, 5.74) is 0. The maximum Gasteiger partial charge on any atom is 0.174 e. The van der Waals surface area contributed by atoms with E-state index >= 15 is 0 Å². The summed E-state index contributed by atoms with van der Waals surface area (Å²) in [5.74, 6) is 0.0523. The molecule has 1 atom stereocenters. The first-order chi connectivity index (χ1) is 7.64. The molecule has 6 heteroatoms. The number of methoxy groups -OCH3 is 1. The highest BCUT2D eigenvalue weighted by Crippen LogP contribution is 2.10. The van der Waals surface area contributed by atoms with Crippen molar-refractivity contribution in [1.82, 2.24) is 0 Å². The van der Waals surface area contributed by atoms with Gasteiger partial charge in [-0.2, -0.15) is 0 Å². The van der Waals surface area contributed by atoms with Gasteiger partial charge in [-0.15, -0.1) is 0 Å². The summed E-state index contributed by atoms with van der Waals surface area (Å²) < 4.78 is 37.5. The fourth-order valence-electron chi connectivity index (χ4n) is 1.32. The molecule has 5 nitrogen and oxygen atoms in total. The summed E-state index contributed by atoms with van der Waals surface area (Å²) in [6, 6.07) is 0. The lowest BCUT2D eigenvalue weighted by Crippen LogP contribution is -2.18. The zero-order valence-electron chi connectivity index (χ0n) is 9.42. The molecule has 0 aromatic rings. The van der Waals surface area contributed by atoms with Gasteiger partial charge in [0, 0.05) is 25.7 Å². The highest BCUT2D eigenvalue weighted by molar-refractivity contribution is 7.94. The van der Waals surface area contributed by atoms with Crippen molar-refractivity contribution in [2.45, 2.75) is 12.5 Å². The number of rotatable bonds is 8. The van der Waals surface area contributed by atoms with E-state index in [0.717, 1.165) is 6.42 Å². The molecule has 0 saturated carbocycles. The zero-order chi connectivity index (χ0) is 11.9. The van der Waals surface area contributed by atoms with Crippen molar-refractivity contribution >= 4 is 9.84 Å². The molecule has 1 aliphatic heterocycles. The molecule has 94 valence electrons. The first kappa shape index (κ1) is 13.6. The van der Waals surface area contributed by atoms with Crippen molar-refractivity contribution in [3.8, 4) is 0 Å². The monoisotopic (exact) mass is 250 g/mol. The first-order valence-corrected chi connectivity index (χ1v) is 6.95. The van der Waals surface area contributed by atoms with Gasteiger partial charge in [0.1, 0.15) is 0 Å². The van der Waals surface area contributed by atoms with Crippen LogP contribution in [0, 0.1) is 0 Å². The van der Waals surface area contributed by atoms with E-state index in [-0.39, 0.29) is 11.9 Å². The van der Waals surface area contributed by atoms with E-state index in [9.17, 15) is 8.42 Å². The molecule has 0 spiro atoms. The van der Waals surface area contributed by atoms with Crippen LogP contribution in [-0.2, 0) is 24.0 Å². The lowest BCUT2D eigenvalue weighted by Gasteiger charge is -2.09. The van der Waals surface area contributed by atoms with Crippen LogP contribution in [0.3, 0.4) is 0 Å². The van der Waals surface area contributed by atoms with Crippen LogP contribution in [0.15, 0.2) is 11.5 Å². The molecular weight excluding hydrogens is 232 g/mol. The number of hydrogen-bond donors (Lipinski definition) is 0. The Hall–Kier alpha value is -0.430. The smallest absolute Gasteiger partial charge is 0.174 e. The van der Waals surface area contributed by atoms with Gasteiger partial charge < -0.3 is 14.2 Å². The number of sulfone groups is 1. The summed E-state index contributed by atoms with van der Waals surface area (Å²) in [6.45, 7) is 2.21. The lowest BCUT2D eigenvalue weighted by molar-refractivity contribution is 0.0256. The molecular formula is C10H18O5S. The third kappa shape index (κ3) is 5.60. The zero-order valence-corrected chi connectivity index (χ0v) is 10.2. The highest BCUT2D eigenvalue weighted by atomic mass is 32.2. The fraction of sp³-hybridized carbons (Fsp3) is 0.800. The minimum absolute atomic E-state index is 0.0523. The number of hydrogen-bond acceptors (Lipinski definition) is 5. The van der Waals surface area contributed by atoms with Crippen molar-refractivity contribution in [2.75, 3.05) is 39.3 Å².